The van der Waals surface area contributed by atoms with E-state index in [1.807, 2.05) is 0 Å². The Morgan fingerprint density at radius 3 is 2.75 bits per heavy atom. The lowest BCUT2D eigenvalue weighted by molar-refractivity contribution is 0.0935. The molecule has 0 bridgehead atoms. The predicted molar refractivity (Wildman–Crippen MR) is 74.1 cm³/mol. The van der Waals surface area contributed by atoms with Crippen molar-refractivity contribution in [2.24, 2.45) is 11.8 Å². The smallest absolute Gasteiger partial charge is 0.257 e. The van der Waals surface area contributed by atoms with Gasteiger partial charge in [0.2, 0.25) is 0 Å². The van der Waals surface area contributed by atoms with Crippen LogP contribution < -0.4 is 4.74 Å². The van der Waals surface area contributed by atoms with E-state index in [9.17, 15) is 9.90 Å². The van der Waals surface area contributed by atoms with Crippen LogP contribution in [-0.2, 0) is 0 Å². The summed E-state index contributed by atoms with van der Waals surface area (Å²) in [6, 6.07) is 3.01. The molecule has 2 aliphatic rings. The van der Waals surface area contributed by atoms with Crippen LogP contribution in [0.2, 0.25) is 0 Å². The van der Waals surface area contributed by atoms with Gasteiger partial charge in [-0.15, -0.1) is 0 Å². The summed E-state index contributed by atoms with van der Waals surface area (Å²) in [5.41, 5.74) is 0.358. The van der Waals surface area contributed by atoms with Crippen LogP contribution >= 0.6 is 0 Å². The minimum absolute atomic E-state index is 0.0109. The quantitative estimate of drug-likeness (QED) is 0.848. The molecule has 0 aromatic carbocycles. The van der Waals surface area contributed by atoms with Crippen molar-refractivity contribution in [3.05, 3.63) is 17.8 Å². The van der Waals surface area contributed by atoms with Gasteiger partial charge < -0.3 is 9.84 Å². The van der Waals surface area contributed by atoms with Gasteiger partial charge in [0.1, 0.15) is 5.69 Å². The highest BCUT2D eigenvalue weighted by atomic mass is 16.5. The Labute approximate surface area is 118 Å². The molecule has 1 saturated heterocycles. The summed E-state index contributed by atoms with van der Waals surface area (Å²) in [5.74, 6) is 1.62. The number of pyridine rings is 1. The van der Waals surface area contributed by atoms with Crippen molar-refractivity contribution in [2.75, 3.05) is 26.7 Å². The number of rotatable bonds is 4. The minimum atomic E-state index is -0.0419. The average Bonchev–Trinajstić information content (AvgIpc) is 3.00. The number of methoxy groups -OCH3 is 1. The summed E-state index contributed by atoms with van der Waals surface area (Å²) in [6.07, 6.45) is 3.95. The number of ketones is 1. The molecule has 3 rings (SSSR count). The normalized spacial score (nSPS) is 25.6. The molecular formula is C15H20N2O3. The van der Waals surface area contributed by atoms with E-state index in [1.54, 1.807) is 6.07 Å². The molecule has 1 aliphatic carbocycles. The number of carbonyl (C=O) groups is 1. The highest BCUT2D eigenvalue weighted by molar-refractivity contribution is 5.96. The fraction of sp³-hybridized carbons (Fsp3) is 0.600. The van der Waals surface area contributed by atoms with Gasteiger partial charge in [-0.1, -0.05) is 6.42 Å². The van der Waals surface area contributed by atoms with Crippen LogP contribution in [0.5, 0.6) is 11.6 Å². The Hall–Kier alpha value is -1.62. The first-order valence-electron chi connectivity index (χ1n) is 7.17. The molecule has 1 aromatic heterocycles. The Balaban J connectivity index is 1.65. The van der Waals surface area contributed by atoms with E-state index in [4.69, 9.17) is 4.74 Å². The first-order valence-corrected chi connectivity index (χ1v) is 7.17. The van der Waals surface area contributed by atoms with E-state index >= 15 is 0 Å². The van der Waals surface area contributed by atoms with Crippen LogP contribution in [0.15, 0.2) is 12.1 Å². The fourth-order valence-corrected chi connectivity index (χ4v) is 3.48. The summed E-state index contributed by atoms with van der Waals surface area (Å²) in [4.78, 5) is 18.5. The zero-order valence-electron chi connectivity index (χ0n) is 11.7. The van der Waals surface area contributed by atoms with Gasteiger partial charge in [-0.2, -0.15) is 0 Å². The molecule has 20 heavy (non-hydrogen) atoms. The number of Topliss-reactive ketones (excluding diaryl/α,β-unsaturated/α-hetero) is 1. The van der Waals surface area contributed by atoms with Crippen LogP contribution in [0.3, 0.4) is 0 Å². The van der Waals surface area contributed by atoms with Gasteiger partial charge in [0, 0.05) is 13.1 Å². The highest BCUT2D eigenvalue weighted by Gasteiger charge is 2.36. The molecule has 5 nitrogen and oxygen atoms in total. The third-order valence-corrected chi connectivity index (χ3v) is 4.49. The number of likely N-dealkylation sites (tertiary alicyclic amines) is 1. The summed E-state index contributed by atoms with van der Waals surface area (Å²) in [6.45, 7) is 2.48. The zero-order chi connectivity index (χ0) is 14.1. The molecular weight excluding hydrogens is 256 g/mol. The number of aromatic nitrogens is 1. The van der Waals surface area contributed by atoms with Gasteiger partial charge in [-0.3, -0.25) is 9.69 Å². The highest BCUT2D eigenvalue weighted by Crippen LogP contribution is 2.37. The molecule has 1 saturated carbocycles. The maximum atomic E-state index is 12.3. The van der Waals surface area contributed by atoms with Gasteiger partial charge in [-0.05, 0) is 36.8 Å². The topological polar surface area (TPSA) is 62.7 Å². The van der Waals surface area contributed by atoms with Gasteiger partial charge in [0.05, 0.1) is 13.7 Å². The van der Waals surface area contributed by atoms with Crippen LogP contribution in [0.25, 0.3) is 0 Å². The van der Waals surface area contributed by atoms with E-state index in [-0.39, 0.29) is 17.4 Å². The SMILES string of the molecule is COc1nc(C(=O)CN2C[C@H]3CCC[C@H]3C2)ccc1O. The summed E-state index contributed by atoms with van der Waals surface area (Å²) in [7, 11) is 1.43. The zero-order valence-corrected chi connectivity index (χ0v) is 11.7. The molecule has 2 fully saturated rings. The Kier molecular flexibility index (Phi) is 3.61. The Bertz CT molecular complexity index is 506. The van der Waals surface area contributed by atoms with Crippen molar-refractivity contribution in [2.45, 2.75) is 19.3 Å². The molecule has 0 unspecified atom stereocenters. The molecule has 2 atom stereocenters. The molecule has 108 valence electrons. The van der Waals surface area contributed by atoms with Gasteiger partial charge in [0.15, 0.2) is 11.5 Å². The van der Waals surface area contributed by atoms with Gasteiger partial charge >= 0.3 is 0 Å². The van der Waals surface area contributed by atoms with Crippen molar-refractivity contribution in [1.82, 2.24) is 9.88 Å². The van der Waals surface area contributed by atoms with Crippen LogP contribution in [0, 0.1) is 11.8 Å². The van der Waals surface area contributed by atoms with Crippen molar-refractivity contribution < 1.29 is 14.6 Å². The molecule has 1 aliphatic heterocycles. The number of hydrogen-bond donors (Lipinski definition) is 1. The first-order chi connectivity index (χ1) is 9.67. The van der Waals surface area contributed by atoms with E-state index in [0.29, 0.717) is 12.2 Å². The second-order valence-electron chi connectivity index (χ2n) is 5.79. The number of aromatic hydroxyl groups is 1. The van der Waals surface area contributed by atoms with Gasteiger partial charge in [-0.25, -0.2) is 4.98 Å². The van der Waals surface area contributed by atoms with Crippen LogP contribution in [-0.4, -0.2) is 47.5 Å². The number of fused-ring (bicyclic) bond motifs is 1. The molecule has 1 aromatic rings. The molecule has 2 heterocycles. The second-order valence-corrected chi connectivity index (χ2v) is 5.79. The van der Waals surface area contributed by atoms with Crippen molar-refractivity contribution >= 4 is 5.78 Å². The van der Waals surface area contributed by atoms with Crippen LogP contribution in [0.4, 0.5) is 0 Å². The Morgan fingerprint density at radius 1 is 1.40 bits per heavy atom. The summed E-state index contributed by atoms with van der Waals surface area (Å²) >= 11 is 0. The minimum Gasteiger partial charge on any atom is -0.503 e. The van der Waals surface area contributed by atoms with E-state index in [2.05, 4.69) is 9.88 Å². The third-order valence-electron chi connectivity index (χ3n) is 4.49. The maximum Gasteiger partial charge on any atom is 0.257 e. The monoisotopic (exact) mass is 276 g/mol. The number of hydrogen-bond acceptors (Lipinski definition) is 5. The largest absolute Gasteiger partial charge is 0.503 e. The lowest BCUT2D eigenvalue weighted by atomic mass is 10.0. The molecule has 0 spiro atoms. The molecule has 5 heteroatoms. The van der Waals surface area contributed by atoms with Crippen molar-refractivity contribution in [1.29, 1.82) is 0 Å². The van der Waals surface area contributed by atoms with E-state index in [0.717, 1.165) is 24.9 Å². The van der Waals surface area contributed by atoms with E-state index < -0.39 is 0 Å². The maximum absolute atomic E-state index is 12.3. The molecule has 1 N–H and O–H groups in total. The predicted octanol–water partition coefficient (Wildman–Crippen LogP) is 1.71. The lowest BCUT2D eigenvalue weighted by Crippen LogP contribution is -2.29. The summed E-state index contributed by atoms with van der Waals surface area (Å²) < 4.78 is 4.94. The number of ether oxygens (including phenoxy) is 1. The fourth-order valence-electron chi connectivity index (χ4n) is 3.48. The standard InChI is InChI=1S/C15H20N2O3/c1-20-15-13(18)6-5-12(16-15)14(19)9-17-7-10-3-2-4-11(10)8-17/h5-6,10-11,18H,2-4,7-9H2,1H3/t10-,11+. The summed E-state index contributed by atoms with van der Waals surface area (Å²) in [5, 5.41) is 9.50. The van der Waals surface area contributed by atoms with Gasteiger partial charge in [0.25, 0.3) is 5.88 Å². The number of carbonyl (C=O) groups excluding carboxylic acids is 1. The van der Waals surface area contributed by atoms with E-state index in [1.165, 1.54) is 32.4 Å². The third kappa shape index (κ3) is 2.50. The molecule has 0 radical (unpaired) electrons. The molecule has 0 amide bonds. The average molecular weight is 276 g/mol. The van der Waals surface area contributed by atoms with Crippen LogP contribution in [0.1, 0.15) is 29.8 Å². The number of nitrogens with zero attached hydrogens (tertiary/aromatic N) is 2. The lowest BCUT2D eigenvalue weighted by Gasteiger charge is -2.15. The second kappa shape index (κ2) is 5.40. The first kappa shape index (κ1) is 13.4. The van der Waals surface area contributed by atoms with Crippen molar-refractivity contribution in [3.63, 3.8) is 0 Å². The van der Waals surface area contributed by atoms with Crippen molar-refractivity contribution in [3.8, 4) is 11.6 Å². The Morgan fingerprint density at radius 2 is 2.10 bits per heavy atom.